The highest BCUT2D eigenvalue weighted by atomic mass is 31.0. The van der Waals surface area contributed by atoms with Crippen LogP contribution in [-0.2, 0) is 22.3 Å². The third kappa shape index (κ3) is 2.26. The second-order valence-electron chi connectivity index (χ2n) is 3.80. The summed E-state index contributed by atoms with van der Waals surface area (Å²) < 4.78 is 11.6. The minimum Gasteiger partial charge on any atom is -0.465 e. The number of pyridine rings is 1. The Morgan fingerprint density at radius 1 is 1.47 bits per heavy atom. The Kier molecular flexibility index (Phi) is 3.60. The van der Waals surface area contributed by atoms with Crippen LogP contribution in [0.5, 0.6) is 0 Å². The average Bonchev–Trinajstić information content (AvgIpc) is 2.58. The minimum atomic E-state index is -0.467. The Bertz CT molecular complexity index is 509. The van der Waals surface area contributed by atoms with E-state index in [1.165, 1.54) is 17.5 Å². The van der Waals surface area contributed by atoms with Crippen LogP contribution >= 0.6 is 9.39 Å². The van der Waals surface area contributed by atoms with E-state index >= 15 is 0 Å². The molecule has 1 aliphatic rings. The number of carbonyl (C=O) groups excluding carboxylic acids is 1. The molecular formula is C11H14NO4P. The standard InChI is InChI=1S/C11H14NO4P/c1-15-11(14)8-6-10(13)12(17)9-3-5-16-4-2-7(8)9/h6H,2-5,17H2,1H3. The van der Waals surface area contributed by atoms with E-state index < -0.39 is 5.97 Å². The van der Waals surface area contributed by atoms with Crippen LogP contribution in [0.3, 0.4) is 0 Å². The van der Waals surface area contributed by atoms with Gasteiger partial charge in [-0.1, -0.05) is 0 Å². The molecule has 0 bridgehead atoms. The molecule has 1 unspecified atom stereocenters. The fraction of sp³-hybridized carbons (Fsp3) is 0.455. The van der Waals surface area contributed by atoms with Gasteiger partial charge in [-0.3, -0.25) is 9.13 Å². The van der Waals surface area contributed by atoms with Crippen molar-refractivity contribution < 1.29 is 14.3 Å². The molecule has 0 radical (unpaired) electrons. The molecule has 1 aromatic rings. The Morgan fingerprint density at radius 3 is 2.88 bits per heavy atom. The van der Waals surface area contributed by atoms with Crippen molar-refractivity contribution in [2.45, 2.75) is 12.8 Å². The molecule has 1 aliphatic heterocycles. The second-order valence-corrected chi connectivity index (χ2v) is 4.31. The van der Waals surface area contributed by atoms with Gasteiger partial charge in [0.05, 0.1) is 25.9 Å². The van der Waals surface area contributed by atoms with Gasteiger partial charge >= 0.3 is 5.97 Å². The highest BCUT2D eigenvalue weighted by Crippen LogP contribution is 2.19. The van der Waals surface area contributed by atoms with Crippen LogP contribution in [0, 0.1) is 0 Å². The normalized spacial score (nSPS) is 14.9. The summed E-state index contributed by atoms with van der Waals surface area (Å²) in [5, 5.41) is 0. The van der Waals surface area contributed by atoms with Crippen LogP contribution in [0.2, 0.25) is 0 Å². The maximum atomic E-state index is 11.7. The zero-order valence-corrected chi connectivity index (χ0v) is 10.7. The Balaban J connectivity index is 2.64. The van der Waals surface area contributed by atoms with E-state index in [1.807, 2.05) is 0 Å². The Labute approximate surface area is 101 Å². The molecule has 0 spiro atoms. The lowest BCUT2D eigenvalue weighted by molar-refractivity contribution is 0.0598. The van der Waals surface area contributed by atoms with Crippen molar-refractivity contribution in [3.05, 3.63) is 33.2 Å². The van der Waals surface area contributed by atoms with E-state index in [1.54, 1.807) is 0 Å². The molecule has 0 aliphatic carbocycles. The van der Waals surface area contributed by atoms with Gasteiger partial charge in [0.15, 0.2) is 0 Å². The summed E-state index contributed by atoms with van der Waals surface area (Å²) in [5.74, 6) is -0.467. The van der Waals surface area contributed by atoms with Crippen molar-refractivity contribution in [2.24, 2.45) is 0 Å². The van der Waals surface area contributed by atoms with Crippen molar-refractivity contribution in [1.29, 1.82) is 0 Å². The lowest BCUT2D eigenvalue weighted by Gasteiger charge is -2.13. The van der Waals surface area contributed by atoms with E-state index in [0.717, 1.165) is 11.3 Å². The third-order valence-corrected chi connectivity index (χ3v) is 3.42. The van der Waals surface area contributed by atoms with Crippen molar-refractivity contribution >= 4 is 15.4 Å². The molecule has 1 aromatic heterocycles. The summed E-state index contributed by atoms with van der Waals surface area (Å²) in [6.07, 6.45) is 1.24. The lowest BCUT2D eigenvalue weighted by Crippen LogP contribution is -2.22. The third-order valence-electron chi connectivity index (χ3n) is 2.85. The summed E-state index contributed by atoms with van der Waals surface area (Å²) in [6.45, 7) is 1.12. The highest BCUT2D eigenvalue weighted by molar-refractivity contribution is 7.14. The molecule has 6 heteroatoms. The first-order chi connectivity index (χ1) is 8.15. The van der Waals surface area contributed by atoms with Gasteiger partial charge in [0.1, 0.15) is 0 Å². The van der Waals surface area contributed by atoms with Crippen LogP contribution in [-0.4, -0.2) is 30.6 Å². The first-order valence-corrected chi connectivity index (χ1v) is 5.85. The molecule has 0 N–H and O–H groups in total. The molecule has 17 heavy (non-hydrogen) atoms. The van der Waals surface area contributed by atoms with Gasteiger partial charge in [-0.2, -0.15) is 0 Å². The number of esters is 1. The van der Waals surface area contributed by atoms with Crippen LogP contribution in [0.4, 0.5) is 0 Å². The first-order valence-electron chi connectivity index (χ1n) is 5.34. The number of nitrogens with zero attached hydrogens (tertiary/aromatic N) is 1. The molecular weight excluding hydrogens is 241 g/mol. The Hall–Kier alpha value is -1.19. The minimum absolute atomic E-state index is 0.226. The molecule has 0 amide bonds. The van der Waals surface area contributed by atoms with Crippen molar-refractivity contribution in [1.82, 2.24) is 4.34 Å². The number of hydrogen-bond donors (Lipinski definition) is 0. The molecule has 0 saturated carbocycles. The molecule has 0 fully saturated rings. The van der Waals surface area contributed by atoms with Gasteiger partial charge in [0.25, 0.3) is 5.56 Å². The summed E-state index contributed by atoms with van der Waals surface area (Å²) in [5.41, 5.74) is 1.82. The summed E-state index contributed by atoms with van der Waals surface area (Å²) in [6, 6.07) is 1.32. The topological polar surface area (TPSA) is 57.5 Å². The number of ether oxygens (including phenoxy) is 2. The number of hydrogen-bond acceptors (Lipinski definition) is 4. The van der Waals surface area contributed by atoms with Crippen molar-refractivity contribution in [2.75, 3.05) is 20.3 Å². The highest BCUT2D eigenvalue weighted by Gasteiger charge is 2.20. The van der Waals surface area contributed by atoms with Crippen LogP contribution < -0.4 is 5.56 Å². The number of aromatic nitrogens is 1. The second kappa shape index (κ2) is 4.98. The van der Waals surface area contributed by atoms with E-state index in [0.29, 0.717) is 31.6 Å². The molecule has 5 nitrogen and oxygen atoms in total. The maximum Gasteiger partial charge on any atom is 0.338 e. The molecule has 1 atom stereocenters. The van der Waals surface area contributed by atoms with Gasteiger partial charge < -0.3 is 9.47 Å². The van der Waals surface area contributed by atoms with Crippen LogP contribution in [0.15, 0.2) is 10.9 Å². The molecule has 0 aromatic carbocycles. The Morgan fingerprint density at radius 2 is 2.18 bits per heavy atom. The van der Waals surface area contributed by atoms with E-state index in [2.05, 4.69) is 9.39 Å². The van der Waals surface area contributed by atoms with Crippen LogP contribution in [0.1, 0.15) is 21.6 Å². The predicted molar refractivity (Wildman–Crippen MR) is 65.4 cm³/mol. The first kappa shape index (κ1) is 12.3. The van der Waals surface area contributed by atoms with E-state index in [9.17, 15) is 9.59 Å². The number of carbonyl (C=O) groups is 1. The molecule has 0 saturated heterocycles. The fourth-order valence-corrected chi connectivity index (χ4v) is 2.36. The lowest BCUT2D eigenvalue weighted by atomic mass is 10.0. The predicted octanol–water partition coefficient (Wildman–Crippen LogP) is 0.388. The van der Waals surface area contributed by atoms with E-state index in [-0.39, 0.29) is 5.56 Å². The van der Waals surface area contributed by atoms with Crippen LogP contribution in [0.25, 0.3) is 0 Å². The molecule has 2 heterocycles. The summed E-state index contributed by atoms with van der Waals surface area (Å²) >= 11 is 0. The zero-order chi connectivity index (χ0) is 12.4. The average molecular weight is 255 g/mol. The van der Waals surface area contributed by atoms with E-state index in [4.69, 9.17) is 9.47 Å². The maximum absolute atomic E-state index is 11.7. The number of fused-ring (bicyclic) bond motifs is 1. The van der Waals surface area contributed by atoms with Gasteiger partial charge in [-0.05, 0) is 21.4 Å². The summed E-state index contributed by atoms with van der Waals surface area (Å²) in [4.78, 5) is 23.4. The number of rotatable bonds is 1. The van der Waals surface area contributed by atoms with Crippen molar-refractivity contribution in [3.63, 3.8) is 0 Å². The van der Waals surface area contributed by atoms with Gasteiger partial charge in [-0.25, -0.2) is 4.79 Å². The van der Waals surface area contributed by atoms with Gasteiger partial charge in [0.2, 0.25) is 0 Å². The summed E-state index contributed by atoms with van der Waals surface area (Å²) in [7, 11) is 3.69. The molecule has 92 valence electrons. The van der Waals surface area contributed by atoms with Crippen molar-refractivity contribution in [3.8, 4) is 0 Å². The number of methoxy groups -OCH3 is 1. The zero-order valence-electron chi connectivity index (χ0n) is 9.56. The fourth-order valence-electron chi connectivity index (χ4n) is 2.00. The SMILES string of the molecule is COC(=O)c1cc(=O)n(P)c2c1CCOCC2. The monoisotopic (exact) mass is 255 g/mol. The smallest absolute Gasteiger partial charge is 0.338 e. The largest absolute Gasteiger partial charge is 0.465 e. The quantitative estimate of drug-likeness (QED) is 0.538. The van der Waals surface area contributed by atoms with Gasteiger partial charge in [-0.15, -0.1) is 0 Å². The van der Waals surface area contributed by atoms with Gasteiger partial charge in [0, 0.05) is 18.2 Å². The molecule has 2 rings (SSSR count).